The van der Waals surface area contributed by atoms with Gasteiger partial charge in [-0.3, -0.25) is 4.79 Å². The number of rotatable bonds is 0. The molecule has 0 amide bonds. The quantitative estimate of drug-likeness (QED) is 0.754. The molecular weight excluding hydrogens is 216 g/mol. The molecule has 1 N–H and O–H groups in total. The summed E-state index contributed by atoms with van der Waals surface area (Å²) in [6.45, 7) is 7.46. The monoisotopic (exact) mass is 232 g/mol. The van der Waals surface area contributed by atoms with Crippen LogP contribution in [-0.4, -0.2) is 14.7 Å². The molecule has 2 aromatic rings. The largest absolute Gasteiger partial charge is 0.505 e. The Bertz CT molecular complexity index is 676. The summed E-state index contributed by atoms with van der Waals surface area (Å²) in [5, 5.41) is 10.7. The summed E-state index contributed by atoms with van der Waals surface area (Å²) in [6.07, 6.45) is 0. The van der Waals surface area contributed by atoms with Crippen molar-refractivity contribution >= 4 is 10.9 Å². The number of hydrogen-bond acceptors (Lipinski definition) is 3. The molecular formula is C13H16N2O2. The molecule has 17 heavy (non-hydrogen) atoms. The second-order valence-corrected chi connectivity index (χ2v) is 4.47. The molecule has 2 rings (SSSR count). The maximum atomic E-state index is 12.1. The Morgan fingerprint density at radius 3 is 2.29 bits per heavy atom. The van der Waals surface area contributed by atoms with E-state index in [1.165, 1.54) is 4.57 Å². The predicted molar refractivity (Wildman–Crippen MR) is 67.6 cm³/mol. The minimum Gasteiger partial charge on any atom is -0.505 e. The second-order valence-electron chi connectivity index (χ2n) is 4.47. The Balaban J connectivity index is 3.18. The van der Waals surface area contributed by atoms with Gasteiger partial charge >= 0.3 is 0 Å². The molecule has 0 aliphatic carbocycles. The molecule has 0 aliphatic rings. The van der Waals surface area contributed by atoms with E-state index in [2.05, 4.69) is 4.98 Å². The predicted octanol–water partition coefficient (Wildman–Crippen LogP) is 1.87. The Labute approximate surface area is 99.5 Å². The molecule has 0 radical (unpaired) electrons. The number of hydrogen-bond donors (Lipinski definition) is 1. The van der Waals surface area contributed by atoms with E-state index < -0.39 is 0 Å². The Morgan fingerprint density at radius 1 is 1.12 bits per heavy atom. The molecule has 0 aliphatic heterocycles. The standard InChI is InChI=1S/C13H16N2O2/c1-6-7(2)10-11(14-8(6)3)13(17)15(5)9(4)12(10)16/h16H,1-5H3. The number of aryl methyl sites for hydroxylation is 2. The minimum absolute atomic E-state index is 0.148. The maximum absolute atomic E-state index is 12.1. The number of nitrogens with zero attached hydrogens (tertiary/aromatic N) is 2. The first kappa shape index (κ1) is 11.6. The van der Waals surface area contributed by atoms with Gasteiger partial charge in [0, 0.05) is 12.7 Å². The van der Waals surface area contributed by atoms with Gasteiger partial charge < -0.3 is 9.67 Å². The third-order valence-corrected chi connectivity index (χ3v) is 3.59. The van der Waals surface area contributed by atoms with Crippen LogP contribution in [0, 0.1) is 27.7 Å². The lowest BCUT2D eigenvalue weighted by Crippen LogP contribution is -2.21. The fraction of sp³-hybridized carbons (Fsp3) is 0.385. The molecule has 2 heterocycles. The molecule has 4 heteroatoms. The van der Waals surface area contributed by atoms with Crippen molar-refractivity contribution in [3.63, 3.8) is 0 Å². The third kappa shape index (κ3) is 1.44. The molecule has 0 saturated carbocycles. The highest BCUT2D eigenvalue weighted by atomic mass is 16.3. The fourth-order valence-electron chi connectivity index (χ4n) is 2.04. The number of aromatic hydroxyl groups is 1. The van der Waals surface area contributed by atoms with Crippen molar-refractivity contribution in [2.75, 3.05) is 0 Å². The van der Waals surface area contributed by atoms with Crippen molar-refractivity contribution in [2.24, 2.45) is 7.05 Å². The molecule has 4 nitrogen and oxygen atoms in total. The summed E-state index contributed by atoms with van der Waals surface area (Å²) in [7, 11) is 1.64. The van der Waals surface area contributed by atoms with E-state index in [-0.39, 0.29) is 11.3 Å². The van der Waals surface area contributed by atoms with Crippen LogP contribution < -0.4 is 5.56 Å². The summed E-state index contributed by atoms with van der Waals surface area (Å²) in [5.41, 5.74) is 3.51. The van der Waals surface area contributed by atoms with E-state index in [4.69, 9.17) is 0 Å². The van der Waals surface area contributed by atoms with E-state index in [1.807, 2.05) is 20.8 Å². The normalized spacial score (nSPS) is 11.1. The first-order valence-electron chi connectivity index (χ1n) is 5.52. The van der Waals surface area contributed by atoms with Crippen molar-refractivity contribution in [3.8, 4) is 5.75 Å². The maximum Gasteiger partial charge on any atom is 0.277 e. The van der Waals surface area contributed by atoms with Gasteiger partial charge in [-0.2, -0.15) is 0 Å². The van der Waals surface area contributed by atoms with Crippen molar-refractivity contribution in [3.05, 3.63) is 32.9 Å². The van der Waals surface area contributed by atoms with Crippen LogP contribution in [-0.2, 0) is 7.05 Å². The van der Waals surface area contributed by atoms with Crippen LogP contribution in [0.5, 0.6) is 5.75 Å². The SMILES string of the molecule is Cc1nc2c(=O)n(C)c(C)c(O)c2c(C)c1C. The number of fused-ring (bicyclic) bond motifs is 1. The molecule has 0 saturated heterocycles. The first-order chi connectivity index (χ1) is 7.86. The van der Waals surface area contributed by atoms with Crippen LogP contribution in [0.15, 0.2) is 4.79 Å². The summed E-state index contributed by atoms with van der Waals surface area (Å²) in [5.74, 6) is 0.148. The van der Waals surface area contributed by atoms with Gasteiger partial charge in [0.25, 0.3) is 5.56 Å². The first-order valence-corrected chi connectivity index (χ1v) is 5.52. The highest BCUT2D eigenvalue weighted by Crippen LogP contribution is 2.29. The lowest BCUT2D eigenvalue weighted by Gasteiger charge is -2.13. The van der Waals surface area contributed by atoms with Gasteiger partial charge in [-0.05, 0) is 38.8 Å². The Morgan fingerprint density at radius 2 is 1.71 bits per heavy atom. The van der Waals surface area contributed by atoms with Gasteiger partial charge in [0.2, 0.25) is 0 Å². The van der Waals surface area contributed by atoms with Crippen molar-refractivity contribution in [2.45, 2.75) is 27.7 Å². The zero-order valence-corrected chi connectivity index (χ0v) is 10.7. The summed E-state index contributed by atoms with van der Waals surface area (Å²) in [4.78, 5) is 16.4. The molecule has 0 aromatic carbocycles. The highest BCUT2D eigenvalue weighted by Gasteiger charge is 2.16. The average Bonchev–Trinajstić information content (AvgIpc) is 2.30. The van der Waals surface area contributed by atoms with Gasteiger partial charge in [-0.25, -0.2) is 4.98 Å². The van der Waals surface area contributed by atoms with E-state index in [9.17, 15) is 9.90 Å². The molecule has 0 unspecified atom stereocenters. The van der Waals surface area contributed by atoms with Gasteiger partial charge in [0.15, 0.2) is 0 Å². The van der Waals surface area contributed by atoms with Crippen molar-refractivity contribution in [1.82, 2.24) is 9.55 Å². The minimum atomic E-state index is -0.165. The summed E-state index contributed by atoms with van der Waals surface area (Å²) < 4.78 is 1.43. The van der Waals surface area contributed by atoms with Crippen LogP contribution in [0.25, 0.3) is 10.9 Å². The molecule has 2 aromatic heterocycles. The Kier molecular flexibility index (Phi) is 2.45. The van der Waals surface area contributed by atoms with Crippen LogP contribution in [0.4, 0.5) is 0 Å². The summed E-state index contributed by atoms with van der Waals surface area (Å²) >= 11 is 0. The molecule has 0 fully saturated rings. The zero-order valence-electron chi connectivity index (χ0n) is 10.7. The molecule has 90 valence electrons. The third-order valence-electron chi connectivity index (χ3n) is 3.59. The van der Waals surface area contributed by atoms with E-state index in [1.54, 1.807) is 14.0 Å². The second kappa shape index (κ2) is 3.58. The van der Waals surface area contributed by atoms with Gasteiger partial charge in [0.1, 0.15) is 11.3 Å². The van der Waals surface area contributed by atoms with Gasteiger partial charge in [0.05, 0.1) is 11.1 Å². The number of pyridine rings is 2. The highest BCUT2D eigenvalue weighted by molar-refractivity contribution is 5.89. The lowest BCUT2D eigenvalue weighted by atomic mass is 10.0. The topological polar surface area (TPSA) is 55.1 Å². The van der Waals surface area contributed by atoms with E-state index >= 15 is 0 Å². The zero-order chi connectivity index (χ0) is 12.9. The summed E-state index contributed by atoms with van der Waals surface area (Å²) in [6, 6.07) is 0. The van der Waals surface area contributed by atoms with Gasteiger partial charge in [-0.15, -0.1) is 0 Å². The lowest BCUT2D eigenvalue weighted by molar-refractivity contribution is 0.468. The van der Waals surface area contributed by atoms with Crippen molar-refractivity contribution < 1.29 is 5.11 Å². The van der Waals surface area contributed by atoms with E-state index in [0.717, 1.165) is 16.8 Å². The fourth-order valence-corrected chi connectivity index (χ4v) is 2.04. The Hall–Kier alpha value is -1.84. The van der Waals surface area contributed by atoms with Gasteiger partial charge in [-0.1, -0.05) is 0 Å². The van der Waals surface area contributed by atoms with Crippen molar-refractivity contribution in [1.29, 1.82) is 0 Å². The molecule has 0 bridgehead atoms. The van der Waals surface area contributed by atoms with Crippen LogP contribution in [0.3, 0.4) is 0 Å². The van der Waals surface area contributed by atoms with Crippen LogP contribution in [0.2, 0.25) is 0 Å². The number of aromatic nitrogens is 2. The van der Waals surface area contributed by atoms with E-state index in [0.29, 0.717) is 16.6 Å². The molecule has 0 spiro atoms. The smallest absolute Gasteiger partial charge is 0.277 e. The average molecular weight is 232 g/mol. The van der Waals surface area contributed by atoms with Crippen LogP contribution in [0.1, 0.15) is 22.5 Å². The molecule has 0 atom stereocenters. The van der Waals surface area contributed by atoms with Crippen LogP contribution >= 0.6 is 0 Å².